The van der Waals surface area contributed by atoms with E-state index in [4.69, 9.17) is 5.11 Å². The van der Waals surface area contributed by atoms with Gasteiger partial charge in [0.1, 0.15) is 0 Å². The van der Waals surface area contributed by atoms with Crippen LogP contribution in [0, 0.1) is 6.07 Å². The van der Waals surface area contributed by atoms with Gasteiger partial charge >= 0.3 is 12.1 Å². The van der Waals surface area contributed by atoms with Gasteiger partial charge in [0.2, 0.25) is 0 Å². The first kappa shape index (κ1) is 11.3. The Hall–Kier alpha value is -1.78. The lowest BCUT2D eigenvalue weighted by Gasteiger charge is -2.08. The molecule has 5 heteroatoms. The smallest absolute Gasteiger partial charge is 0.417 e. The molecule has 0 aliphatic carbocycles. The van der Waals surface area contributed by atoms with Crippen LogP contribution in [0.25, 0.3) is 6.08 Å². The Labute approximate surface area is 83.7 Å². The van der Waals surface area contributed by atoms with E-state index in [0.717, 1.165) is 18.2 Å². The number of carbonyl (C=O) groups is 1. The fraction of sp³-hybridized carbons (Fsp3) is 0.100. The first-order valence-corrected chi connectivity index (χ1v) is 3.89. The predicted molar refractivity (Wildman–Crippen MR) is 46.9 cm³/mol. The van der Waals surface area contributed by atoms with Gasteiger partial charge in [0.05, 0.1) is 5.56 Å². The zero-order valence-corrected chi connectivity index (χ0v) is 7.38. The number of hydrogen-bond donors (Lipinski definition) is 1. The quantitative estimate of drug-likeness (QED) is 0.770. The Morgan fingerprint density at radius 3 is 2.67 bits per heavy atom. The summed E-state index contributed by atoms with van der Waals surface area (Å²) in [5, 5.41) is 8.29. The SMILES string of the molecule is O=C(O)C=Cc1cc[c]cc1C(F)(F)F. The van der Waals surface area contributed by atoms with Gasteiger partial charge in [-0.3, -0.25) is 0 Å². The summed E-state index contributed by atoms with van der Waals surface area (Å²) in [6.07, 6.45) is -2.94. The van der Waals surface area contributed by atoms with Crippen molar-refractivity contribution in [2.24, 2.45) is 0 Å². The van der Waals surface area contributed by atoms with Crippen LogP contribution in [-0.4, -0.2) is 11.1 Å². The summed E-state index contributed by atoms with van der Waals surface area (Å²) in [6, 6.07) is 5.52. The second kappa shape index (κ2) is 4.16. The van der Waals surface area contributed by atoms with Crippen molar-refractivity contribution in [3.63, 3.8) is 0 Å². The minimum atomic E-state index is -4.50. The highest BCUT2D eigenvalue weighted by atomic mass is 19.4. The largest absolute Gasteiger partial charge is 0.478 e. The average molecular weight is 215 g/mol. The van der Waals surface area contributed by atoms with Crippen LogP contribution >= 0.6 is 0 Å². The molecule has 1 aromatic carbocycles. The summed E-state index contributed by atoms with van der Waals surface area (Å²) >= 11 is 0. The minimum absolute atomic E-state index is 0.191. The van der Waals surface area contributed by atoms with E-state index in [1.165, 1.54) is 6.07 Å². The molecule has 1 radical (unpaired) electrons. The molecule has 0 spiro atoms. The van der Waals surface area contributed by atoms with Crippen molar-refractivity contribution in [1.29, 1.82) is 0 Å². The third-order valence-corrected chi connectivity index (χ3v) is 1.61. The summed E-state index contributed by atoms with van der Waals surface area (Å²) in [7, 11) is 0. The van der Waals surface area contributed by atoms with Crippen molar-refractivity contribution in [2.75, 3.05) is 0 Å². The lowest BCUT2D eigenvalue weighted by molar-refractivity contribution is -0.138. The molecule has 1 aromatic rings. The third kappa shape index (κ3) is 3.12. The highest BCUT2D eigenvalue weighted by Gasteiger charge is 2.32. The third-order valence-electron chi connectivity index (χ3n) is 1.61. The van der Waals surface area contributed by atoms with E-state index >= 15 is 0 Å². The topological polar surface area (TPSA) is 37.3 Å². The molecular formula is C10H6F3O2. The summed E-state index contributed by atoms with van der Waals surface area (Å²) in [4.78, 5) is 10.2. The second-order valence-electron chi connectivity index (χ2n) is 2.68. The van der Waals surface area contributed by atoms with E-state index in [1.807, 2.05) is 0 Å². The summed E-state index contributed by atoms with van der Waals surface area (Å²) < 4.78 is 37.1. The van der Waals surface area contributed by atoms with Gasteiger partial charge in [-0.1, -0.05) is 12.1 Å². The molecule has 0 atom stereocenters. The van der Waals surface area contributed by atoms with Gasteiger partial charge < -0.3 is 5.11 Å². The maximum atomic E-state index is 12.4. The molecule has 0 saturated carbocycles. The van der Waals surface area contributed by atoms with E-state index in [1.54, 1.807) is 0 Å². The molecule has 0 heterocycles. The van der Waals surface area contributed by atoms with Gasteiger partial charge in [0.25, 0.3) is 0 Å². The zero-order chi connectivity index (χ0) is 11.5. The second-order valence-corrected chi connectivity index (χ2v) is 2.68. The number of rotatable bonds is 2. The molecule has 2 nitrogen and oxygen atoms in total. The van der Waals surface area contributed by atoms with Crippen molar-refractivity contribution < 1.29 is 23.1 Å². The first-order valence-electron chi connectivity index (χ1n) is 3.89. The summed E-state index contributed by atoms with van der Waals surface area (Å²) in [5.41, 5.74) is -1.09. The highest BCUT2D eigenvalue weighted by molar-refractivity contribution is 5.85. The molecule has 0 bridgehead atoms. The lowest BCUT2D eigenvalue weighted by Crippen LogP contribution is -2.07. The Morgan fingerprint density at radius 1 is 1.47 bits per heavy atom. The molecule has 0 saturated heterocycles. The minimum Gasteiger partial charge on any atom is -0.478 e. The van der Waals surface area contributed by atoms with Crippen LogP contribution in [0.5, 0.6) is 0 Å². The van der Waals surface area contributed by atoms with Gasteiger partial charge in [-0.15, -0.1) is 0 Å². The Bertz CT molecular complexity index is 394. The maximum absolute atomic E-state index is 12.4. The van der Waals surface area contributed by atoms with Crippen LogP contribution in [0.2, 0.25) is 0 Å². The molecular weight excluding hydrogens is 209 g/mol. The molecule has 0 aliphatic heterocycles. The summed E-state index contributed by atoms with van der Waals surface area (Å²) in [6.45, 7) is 0. The number of alkyl halides is 3. The van der Waals surface area contributed by atoms with Crippen LogP contribution in [0.1, 0.15) is 11.1 Å². The van der Waals surface area contributed by atoms with Crippen molar-refractivity contribution in [2.45, 2.75) is 6.18 Å². The summed E-state index contributed by atoms with van der Waals surface area (Å²) in [5.74, 6) is -1.30. The van der Waals surface area contributed by atoms with E-state index in [2.05, 4.69) is 6.07 Å². The normalized spacial score (nSPS) is 11.9. The van der Waals surface area contributed by atoms with E-state index in [9.17, 15) is 18.0 Å². The van der Waals surface area contributed by atoms with Gasteiger partial charge in [-0.2, -0.15) is 13.2 Å². The molecule has 0 aliphatic rings. The molecule has 0 fully saturated rings. The van der Waals surface area contributed by atoms with Crippen LogP contribution in [0.3, 0.4) is 0 Å². The standard InChI is InChI=1S/C10H6F3O2/c11-10(12,13)8-4-2-1-3-7(8)5-6-9(14)15/h1,3-6H,(H,14,15). The Kier molecular flexibility index (Phi) is 3.14. The van der Waals surface area contributed by atoms with Crippen LogP contribution < -0.4 is 0 Å². The van der Waals surface area contributed by atoms with Crippen molar-refractivity contribution >= 4 is 12.0 Å². The number of benzene rings is 1. The molecule has 0 aromatic heterocycles. The monoisotopic (exact) mass is 215 g/mol. The Balaban J connectivity index is 3.13. The molecule has 79 valence electrons. The van der Waals surface area contributed by atoms with Gasteiger partial charge in [-0.05, 0) is 23.8 Å². The van der Waals surface area contributed by atoms with Gasteiger partial charge in [-0.25, -0.2) is 4.79 Å². The number of aliphatic carboxylic acids is 1. The van der Waals surface area contributed by atoms with E-state index in [0.29, 0.717) is 6.08 Å². The van der Waals surface area contributed by atoms with Gasteiger partial charge in [0, 0.05) is 6.08 Å². The van der Waals surface area contributed by atoms with Crippen LogP contribution in [-0.2, 0) is 11.0 Å². The van der Waals surface area contributed by atoms with Crippen LogP contribution in [0.15, 0.2) is 24.3 Å². The molecule has 1 N–H and O–H groups in total. The molecule has 0 unspecified atom stereocenters. The molecule has 15 heavy (non-hydrogen) atoms. The number of carboxylic acids is 1. The van der Waals surface area contributed by atoms with Crippen LogP contribution in [0.4, 0.5) is 13.2 Å². The molecule has 1 rings (SSSR count). The highest BCUT2D eigenvalue weighted by Crippen LogP contribution is 2.32. The lowest BCUT2D eigenvalue weighted by atomic mass is 10.1. The number of halogens is 3. The van der Waals surface area contributed by atoms with E-state index < -0.39 is 17.7 Å². The zero-order valence-electron chi connectivity index (χ0n) is 7.38. The fourth-order valence-electron chi connectivity index (χ4n) is 0.994. The van der Waals surface area contributed by atoms with E-state index in [-0.39, 0.29) is 5.56 Å². The molecule has 0 amide bonds. The first-order chi connectivity index (χ1) is 6.91. The average Bonchev–Trinajstić information content (AvgIpc) is 2.13. The predicted octanol–water partition coefficient (Wildman–Crippen LogP) is 2.60. The van der Waals surface area contributed by atoms with Gasteiger partial charge in [0.15, 0.2) is 0 Å². The Morgan fingerprint density at radius 2 is 2.13 bits per heavy atom. The fourth-order valence-corrected chi connectivity index (χ4v) is 0.994. The number of carboxylic acid groups (broad SMARTS) is 1. The van der Waals surface area contributed by atoms with Crippen molar-refractivity contribution in [3.8, 4) is 0 Å². The van der Waals surface area contributed by atoms with Crippen molar-refractivity contribution in [3.05, 3.63) is 41.5 Å². The van der Waals surface area contributed by atoms with Crippen molar-refractivity contribution in [1.82, 2.24) is 0 Å². The number of hydrogen-bond acceptors (Lipinski definition) is 1. The maximum Gasteiger partial charge on any atom is 0.417 e.